The van der Waals surface area contributed by atoms with Gasteiger partial charge in [-0.2, -0.15) is 8.78 Å². The Labute approximate surface area is 126 Å². The Morgan fingerprint density at radius 3 is 2.29 bits per heavy atom. The van der Waals surface area contributed by atoms with E-state index in [-0.39, 0.29) is 0 Å². The summed E-state index contributed by atoms with van der Waals surface area (Å²) in [5.41, 5.74) is 0. The molecule has 0 aliphatic carbocycles. The molecule has 5 atom stereocenters. The maximum absolute atomic E-state index is 12.8. The van der Waals surface area contributed by atoms with Gasteiger partial charge in [-0.3, -0.25) is 9.59 Å². The van der Waals surface area contributed by atoms with Crippen LogP contribution in [0, 0.1) is 0 Å². The molecule has 0 aromatic carbocycles. The number of ether oxygens (including phenoxy) is 1. The first-order chi connectivity index (χ1) is 9.57. The number of aliphatic hydroxyl groups is 3. The monoisotopic (exact) mass is 376 g/mol. The van der Waals surface area contributed by atoms with Crippen molar-refractivity contribution in [1.29, 1.82) is 0 Å². The van der Waals surface area contributed by atoms with Gasteiger partial charge in [0.1, 0.15) is 24.4 Å². The minimum Gasteiger partial charge on any atom is -0.394 e. The predicted octanol–water partition coefficient (Wildman–Crippen LogP) is -1.97. The number of amides is 2. The summed E-state index contributed by atoms with van der Waals surface area (Å²) >= 11 is 1.85. The zero-order chi connectivity index (χ0) is 16.4. The highest BCUT2D eigenvalue weighted by Crippen LogP contribution is 2.24. The van der Waals surface area contributed by atoms with Crippen molar-refractivity contribution in [2.75, 3.05) is 6.61 Å². The van der Waals surface area contributed by atoms with Crippen molar-refractivity contribution in [2.45, 2.75) is 42.3 Å². The van der Waals surface area contributed by atoms with E-state index in [4.69, 9.17) is 9.84 Å². The fraction of sp³-hybridized carbons (Fsp3) is 0.800. The molecule has 2 amide bonds. The molecule has 0 saturated carbocycles. The molecule has 1 aliphatic heterocycles. The Morgan fingerprint density at radius 1 is 1.29 bits per heavy atom. The van der Waals surface area contributed by atoms with Gasteiger partial charge in [-0.1, -0.05) is 0 Å². The lowest BCUT2D eigenvalue weighted by Gasteiger charge is -2.42. The summed E-state index contributed by atoms with van der Waals surface area (Å²) in [5.74, 6) is -2.40. The van der Waals surface area contributed by atoms with Crippen molar-refractivity contribution in [3.63, 3.8) is 0 Å². The van der Waals surface area contributed by atoms with Crippen LogP contribution < -0.4 is 10.6 Å². The second-order valence-corrected chi connectivity index (χ2v) is 5.45. The van der Waals surface area contributed by atoms with Crippen molar-refractivity contribution >= 4 is 27.7 Å². The van der Waals surface area contributed by atoms with E-state index in [1.807, 2.05) is 15.9 Å². The molecule has 8 nitrogen and oxygen atoms in total. The SMILES string of the molecule is CC(=O)N[C@@H]1[C@@H](O)[C@H](O)[C@@H](CO)O[C@H]1NC(=O)C(F)(F)Br. The van der Waals surface area contributed by atoms with Crippen molar-refractivity contribution in [1.82, 2.24) is 10.6 Å². The molecule has 0 bridgehead atoms. The van der Waals surface area contributed by atoms with Crippen molar-refractivity contribution < 1.29 is 38.4 Å². The van der Waals surface area contributed by atoms with E-state index in [2.05, 4.69) is 5.32 Å². The van der Waals surface area contributed by atoms with Gasteiger partial charge >= 0.3 is 10.7 Å². The average molecular weight is 377 g/mol. The normalized spacial score (nSPS) is 33.4. The number of hydrogen-bond donors (Lipinski definition) is 5. The molecule has 1 rings (SSSR count). The molecule has 1 saturated heterocycles. The quantitative estimate of drug-likeness (QED) is 0.362. The maximum atomic E-state index is 12.8. The van der Waals surface area contributed by atoms with Gasteiger partial charge in [0.25, 0.3) is 0 Å². The van der Waals surface area contributed by atoms with Gasteiger partial charge in [0.15, 0.2) is 6.23 Å². The number of rotatable bonds is 4. The highest BCUT2D eigenvalue weighted by Gasteiger charge is 2.47. The Morgan fingerprint density at radius 2 is 1.86 bits per heavy atom. The van der Waals surface area contributed by atoms with Gasteiger partial charge in [0.05, 0.1) is 6.61 Å². The van der Waals surface area contributed by atoms with E-state index in [0.29, 0.717) is 0 Å². The molecule has 0 spiro atoms. The first-order valence-corrected chi connectivity index (χ1v) is 6.64. The Kier molecular flexibility index (Phi) is 5.99. The van der Waals surface area contributed by atoms with Gasteiger partial charge in [-0.25, -0.2) is 0 Å². The van der Waals surface area contributed by atoms with E-state index in [9.17, 15) is 28.6 Å². The van der Waals surface area contributed by atoms with E-state index >= 15 is 0 Å². The number of alkyl halides is 3. The third-order valence-electron chi connectivity index (χ3n) is 2.83. The molecule has 0 unspecified atom stereocenters. The zero-order valence-corrected chi connectivity index (χ0v) is 12.4. The summed E-state index contributed by atoms with van der Waals surface area (Å²) in [4.78, 5) is 18.4. The maximum Gasteiger partial charge on any atom is 0.377 e. The molecule has 21 heavy (non-hydrogen) atoms. The van der Waals surface area contributed by atoms with Crippen LogP contribution in [0.25, 0.3) is 0 Å². The van der Waals surface area contributed by atoms with E-state index in [1.165, 1.54) is 0 Å². The van der Waals surface area contributed by atoms with Crippen molar-refractivity contribution in [3.05, 3.63) is 0 Å². The molecule has 122 valence electrons. The van der Waals surface area contributed by atoms with Gasteiger partial charge in [0.2, 0.25) is 5.91 Å². The molecule has 0 aromatic heterocycles. The second kappa shape index (κ2) is 6.92. The van der Waals surface area contributed by atoms with E-state index in [0.717, 1.165) is 6.92 Å². The summed E-state index contributed by atoms with van der Waals surface area (Å²) in [6.45, 7) is 0.372. The molecule has 0 aromatic rings. The lowest BCUT2D eigenvalue weighted by molar-refractivity contribution is -0.205. The van der Waals surface area contributed by atoms with Crippen LogP contribution in [0.2, 0.25) is 0 Å². The predicted molar refractivity (Wildman–Crippen MR) is 67.4 cm³/mol. The van der Waals surface area contributed by atoms with Crippen LogP contribution in [0.5, 0.6) is 0 Å². The number of aliphatic hydroxyl groups excluding tert-OH is 3. The second-order valence-electron chi connectivity index (χ2n) is 4.46. The number of carbonyl (C=O) groups is 2. The molecular weight excluding hydrogens is 362 g/mol. The van der Waals surface area contributed by atoms with E-state index < -0.39 is 53.8 Å². The summed E-state index contributed by atoms with van der Waals surface area (Å²) in [6, 6.07) is -1.36. The summed E-state index contributed by atoms with van der Waals surface area (Å²) in [5, 5.41) is 32.5. The zero-order valence-electron chi connectivity index (χ0n) is 10.8. The molecule has 11 heteroatoms. The molecule has 1 fully saturated rings. The van der Waals surface area contributed by atoms with Gasteiger partial charge in [0, 0.05) is 22.9 Å². The lowest BCUT2D eigenvalue weighted by atomic mass is 9.96. The number of nitrogens with one attached hydrogen (secondary N) is 2. The van der Waals surface area contributed by atoms with E-state index in [1.54, 1.807) is 5.32 Å². The topological polar surface area (TPSA) is 128 Å². The van der Waals surface area contributed by atoms with Crippen LogP contribution in [-0.2, 0) is 14.3 Å². The summed E-state index contributed by atoms with van der Waals surface area (Å²) in [6.07, 6.45) is -6.06. The van der Waals surface area contributed by atoms with Gasteiger partial charge in [-0.05, 0) is 0 Å². The third-order valence-corrected chi connectivity index (χ3v) is 3.19. The molecule has 1 heterocycles. The summed E-state index contributed by atoms with van der Waals surface area (Å²) < 4.78 is 30.7. The van der Waals surface area contributed by atoms with Crippen LogP contribution in [0.15, 0.2) is 0 Å². The molecule has 0 radical (unpaired) electrons. The van der Waals surface area contributed by atoms with Crippen LogP contribution >= 0.6 is 15.9 Å². The standard InChI is InChI=1S/C10H15BrF2N2O6/c1-3(17)14-5-7(19)6(18)4(2-16)21-8(5)15-9(20)10(11,12)13/h4-8,16,18-19H,2H2,1H3,(H,14,17)(H,15,20)/t4-,5-,6-,7-,8-/m1/s1. The largest absolute Gasteiger partial charge is 0.394 e. The number of carbonyl (C=O) groups excluding carboxylic acids is 2. The Balaban J connectivity index is 2.93. The Bertz CT molecular complexity index is 407. The highest BCUT2D eigenvalue weighted by atomic mass is 79.9. The minimum atomic E-state index is -3.88. The van der Waals surface area contributed by atoms with Gasteiger partial charge < -0.3 is 30.7 Å². The van der Waals surface area contributed by atoms with Crippen LogP contribution in [0.4, 0.5) is 8.78 Å². The highest BCUT2D eigenvalue weighted by molar-refractivity contribution is 9.10. The average Bonchev–Trinajstić information content (AvgIpc) is 2.36. The summed E-state index contributed by atoms with van der Waals surface area (Å²) in [7, 11) is 0. The molecule has 5 N–H and O–H groups in total. The lowest BCUT2D eigenvalue weighted by Crippen LogP contribution is -2.68. The fourth-order valence-corrected chi connectivity index (χ4v) is 1.96. The first-order valence-electron chi connectivity index (χ1n) is 5.85. The fourth-order valence-electron chi connectivity index (χ4n) is 1.85. The van der Waals surface area contributed by atoms with Crippen molar-refractivity contribution in [2.24, 2.45) is 0 Å². The Hall–Kier alpha value is -0.880. The molecule has 1 aliphatic rings. The smallest absolute Gasteiger partial charge is 0.377 e. The third kappa shape index (κ3) is 4.54. The first kappa shape index (κ1) is 18.2. The number of hydrogen-bond acceptors (Lipinski definition) is 6. The number of halogens is 3. The van der Waals surface area contributed by atoms with Crippen molar-refractivity contribution in [3.8, 4) is 0 Å². The van der Waals surface area contributed by atoms with Gasteiger partial charge in [-0.15, -0.1) is 0 Å². The van der Waals surface area contributed by atoms with Crippen LogP contribution in [0.1, 0.15) is 6.92 Å². The minimum absolute atomic E-state index is 0.637. The van der Waals surface area contributed by atoms with Crippen LogP contribution in [-0.4, -0.2) is 69.2 Å². The van der Waals surface area contributed by atoms with Crippen LogP contribution in [0.3, 0.4) is 0 Å². The molecular formula is C10H15BrF2N2O6.